The van der Waals surface area contributed by atoms with Gasteiger partial charge >= 0.3 is 0 Å². The molecule has 1 aromatic heterocycles. The van der Waals surface area contributed by atoms with Crippen molar-refractivity contribution in [2.45, 2.75) is 0 Å². The van der Waals surface area contributed by atoms with Gasteiger partial charge in [-0.1, -0.05) is 101 Å². The topological polar surface area (TPSA) is 25.8 Å². The van der Waals surface area contributed by atoms with E-state index in [-0.39, 0.29) is 0 Å². The minimum Gasteiger partial charge on any atom is -0.228 e. The molecule has 0 aliphatic rings. The van der Waals surface area contributed by atoms with Crippen molar-refractivity contribution in [1.29, 1.82) is 0 Å². The normalized spacial score (nSPS) is 10.9. The van der Waals surface area contributed by atoms with E-state index in [4.69, 9.17) is 9.97 Å². The van der Waals surface area contributed by atoms with Crippen LogP contribution in [0.25, 0.3) is 44.7 Å². The second-order valence-electron chi connectivity index (χ2n) is 6.87. The van der Waals surface area contributed by atoms with Crippen LogP contribution in [-0.4, -0.2) is 9.97 Å². The van der Waals surface area contributed by atoms with E-state index in [1.165, 1.54) is 10.8 Å². The van der Waals surface area contributed by atoms with Gasteiger partial charge in [-0.05, 0) is 29.0 Å². The minimum atomic E-state index is 0.724. The first-order valence-electron chi connectivity index (χ1n) is 9.46. The summed E-state index contributed by atoms with van der Waals surface area (Å²) in [6, 6.07) is 35.2. The Morgan fingerprint density at radius 2 is 1.21 bits per heavy atom. The summed E-state index contributed by atoms with van der Waals surface area (Å²) in [5.74, 6) is 0.724. The first kappa shape index (κ1) is 17.8. The van der Waals surface area contributed by atoms with E-state index in [1.807, 2.05) is 48.5 Å². The predicted molar refractivity (Wildman–Crippen MR) is 124 cm³/mol. The second kappa shape index (κ2) is 7.61. The molecule has 0 unspecified atom stereocenters. The molecule has 0 saturated heterocycles. The standard InChI is InChI=1S/C26H17BrN2/c27-23-13-7-6-12-22(23)25-17-24(28-26(29-25)19-9-2-1-3-10-19)21-15-14-18-8-4-5-11-20(18)16-21/h1-17H. The molecule has 0 spiro atoms. The number of nitrogens with zero attached hydrogens (tertiary/aromatic N) is 2. The third-order valence-corrected chi connectivity index (χ3v) is 5.64. The van der Waals surface area contributed by atoms with Crippen LogP contribution in [0.2, 0.25) is 0 Å². The van der Waals surface area contributed by atoms with E-state index in [0.29, 0.717) is 0 Å². The maximum absolute atomic E-state index is 4.91. The van der Waals surface area contributed by atoms with Crippen LogP contribution in [0.3, 0.4) is 0 Å². The molecular formula is C26H17BrN2. The van der Waals surface area contributed by atoms with Gasteiger partial charge in [-0.2, -0.15) is 0 Å². The zero-order chi connectivity index (χ0) is 19.6. The SMILES string of the molecule is Brc1ccccc1-c1cc(-c2ccc3ccccc3c2)nc(-c2ccccc2)n1. The van der Waals surface area contributed by atoms with Crippen molar-refractivity contribution < 1.29 is 0 Å². The highest BCUT2D eigenvalue weighted by Gasteiger charge is 2.12. The molecule has 1 heterocycles. The molecular weight excluding hydrogens is 420 g/mol. The highest BCUT2D eigenvalue weighted by atomic mass is 79.9. The summed E-state index contributed by atoms with van der Waals surface area (Å²) >= 11 is 3.67. The molecule has 0 N–H and O–H groups in total. The lowest BCUT2D eigenvalue weighted by Crippen LogP contribution is -1.96. The van der Waals surface area contributed by atoms with E-state index < -0.39 is 0 Å². The molecule has 0 radical (unpaired) electrons. The van der Waals surface area contributed by atoms with Crippen LogP contribution in [0.1, 0.15) is 0 Å². The van der Waals surface area contributed by atoms with Crippen molar-refractivity contribution in [3.63, 3.8) is 0 Å². The van der Waals surface area contributed by atoms with Gasteiger partial charge in [-0.15, -0.1) is 0 Å². The van der Waals surface area contributed by atoms with Crippen molar-refractivity contribution in [3.8, 4) is 33.9 Å². The highest BCUT2D eigenvalue weighted by Crippen LogP contribution is 2.32. The number of fused-ring (bicyclic) bond motifs is 1. The van der Waals surface area contributed by atoms with Gasteiger partial charge in [-0.3, -0.25) is 0 Å². The van der Waals surface area contributed by atoms with Crippen LogP contribution >= 0.6 is 15.9 Å². The van der Waals surface area contributed by atoms with Crippen LogP contribution in [0.15, 0.2) is 108 Å². The van der Waals surface area contributed by atoms with Gasteiger partial charge in [-0.25, -0.2) is 9.97 Å². The van der Waals surface area contributed by atoms with Crippen molar-refractivity contribution in [1.82, 2.24) is 9.97 Å². The van der Waals surface area contributed by atoms with E-state index in [9.17, 15) is 0 Å². The number of benzene rings is 4. The lowest BCUT2D eigenvalue weighted by atomic mass is 10.0. The van der Waals surface area contributed by atoms with Crippen molar-refractivity contribution in [2.24, 2.45) is 0 Å². The van der Waals surface area contributed by atoms with E-state index in [0.717, 1.165) is 38.4 Å². The maximum atomic E-state index is 4.91. The molecule has 0 aliphatic heterocycles. The lowest BCUT2D eigenvalue weighted by Gasteiger charge is -2.11. The molecule has 0 atom stereocenters. The summed E-state index contributed by atoms with van der Waals surface area (Å²) < 4.78 is 1.02. The van der Waals surface area contributed by atoms with Crippen LogP contribution < -0.4 is 0 Å². The summed E-state index contributed by atoms with van der Waals surface area (Å²) in [6.45, 7) is 0. The van der Waals surface area contributed by atoms with Crippen LogP contribution in [0.4, 0.5) is 0 Å². The highest BCUT2D eigenvalue weighted by molar-refractivity contribution is 9.10. The average Bonchev–Trinajstić information content (AvgIpc) is 2.79. The Bertz CT molecular complexity index is 1310. The fourth-order valence-corrected chi connectivity index (χ4v) is 3.95. The predicted octanol–water partition coefficient (Wildman–Crippen LogP) is 7.39. The van der Waals surface area contributed by atoms with Gasteiger partial charge in [0.15, 0.2) is 5.82 Å². The number of hydrogen-bond donors (Lipinski definition) is 0. The summed E-state index contributed by atoms with van der Waals surface area (Å²) in [6.07, 6.45) is 0. The van der Waals surface area contributed by atoms with Gasteiger partial charge in [0.25, 0.3) is 0 Å². The molecule has 5 rings (SSSR count). The fourth-order valence-electron chi connectivity index (χ4n) is 3.47. The summed E-state index contributed by atoms with van der Waals surface area (Å²) in [5.41, 5.74) is 4.94. The smallest absolute Gasteiger partial charge is 0.160 e. The number of hydrogen-bond acceptors (Lipinski definition) is 2. The molecule has 0 amide bonds. The molecule has 0 saturated carbocycles. The summed E-state index contributed by atoms with van der Waals surface area (Å²) in [5, 5.41) is 2.42. The van der Waals surface area contributed by atoms with Crippen LogP contribution in [0.5, 0.6) is 0 Å². The summed E-state index contributed by atoms with van der Waals surface area (Å²) in [4.78, 5) is 9.79. The monoisotopic (exact) mass is 436 g/mol. The van der Waals surface area contributed by atoms with Gasteiger partial charge < -0.3 is 0 Å². The molecule has 3 heteroatoms. The largest absolute Gasteiger partial charge is 0.228 e. The molecule has 0 bridgehead atoms. The number of aromatic nitrogens is 2. The Hall–Kier alpha value is -3.30. The Labute approximate surface area is 178 Å². The van der Waals surface area contributed by atoms with Gasteiger partial charge in [0.1, 0.15) is 0 Å². The van der Waals surface area contributed by atoms with Crippen molar-refractivity contribution >= 4 is 26.7 Å². The van der Waals surface area contributed by atoms with E-state index in [2.05, 4.69) is 70.5 Å². The molecule has 2 nitrogen and oxygen atoms in total. The van der Waals surface area contributed by atoms with Crippen LogP contribution in [-0.2, 0) is 0 Å². The van der Waals surface area contributed by atoms with Gasteiger partial charge in [0.2, 0.25) is 0 Å². The van der Waals surface area contributed by atoms with E-state index >= 15 is 0 Å². The molecule has 138 valence electrons. The number of halogens is 1. The van der Waals surface area contributed by atoms with Gasteiger partial charge in [0, 0.05) is 21.2 Å². The number of rotatable bonds is 3. The maximum Gasteiger partial charge on any atom is 0.160 e. The molecule has 5 aromatic rings. The Balaban J connectivity index is 1.73. The third kappa shape index (κ3) is 3.57. The average molecular weight is 437 g/mol. The fraction of sp³-hybridized carbons (Fsp3) is 0. The Morgan fingerprint density at radius 1 is 0.517 bits per heavy atom. The molecule has 0 aliphatic carbocycles. The zero-order valence-corrected chi connectivity index (χ0v) is 17.2. The third-order valence-electron chi connectivity index (χ3n) is 4.95. The second-order valence-corrected chi connectivity index (χ2v) is 7.72. The summed E-state index contributed by atoms with van der Waals surface area (Å²) in [7, 11) is 0. The molecule has 0 fully saturated rings. The minimum absolute atomic E-state index is 0.724. The van der Waals surface area contributed by atoms with Crippen molar-refractivity contribution in [3.05, 3.63) is 108 Å². The molecule has 4 aromatic carbocycles. The van der Waals surface area contributed by atoms with E-state index in [1.54, 1.807) is 0 Å². The van der Waals surface area contributed by atoms with Crippen LogP contribution in [0, 0.1) is 0 Å². The molecule has 29 heavy (non-hydrogen) atoms. The Kier molecular flexibility index (Phi) is 4.66. The first-order chi connectivity index (χ1) is 14.3. The zero-order valence-electron chi connectivity index (χ0n) is 15.6. The quantitative estimate of drug-likeness (QED) is 0.294. The van der Waals surface area contributed by atoms with Crippen molar-refractivity contribution in [2.75, 3.05) is 0 Å². The first-order valence-corrected chi connectivity index (χ1v) is 10.3. The van der Waals surface area contributed by atoms with Gasteiger partial charge in [0.05, 0.1) is 11.4 Å². The lowest BCUT2D eigenvalue weighted by molar-refractivity contribution is 1.18. The Morgan fingerprint density at radius 3 is 2.03 bits per heavy atom.